The van der Waals surface area contributed by atoms with Crippen molar-refractivity contribution in [3.05, 3.63) is 69.2 Å². The first kappa shape index (κ1) is 16.8. The van der Waals surface area contributed by atoms with Gasteiger partial charge in [0.1, 0.15) is 5.69 Å². The number of benzene rings is 2. The highest BCUT2D eigenvalue weighted by molar-refractivity contribution is 6.31. The van der Waals surface area contributed by atoms with Gasteiger partial charge in [0.2, 0.25) is 0 Å². The van der Waals surface area contributed by atoms with E-state index in [0.717, 1.165) is 5.01 Å². The monoisotopic (exact) mass is 333 g/mol. The molecule has 0 N–H and O–H groups in total. The van der Waals surface area contributed by atoms with Gasteiger partial charge < -0.3 is 4.90 Å². The highest BCUT2D eigenvalue weighted by atomic mass is 35.5. The van der Waals surface area contributed by atoms with Gasteiger partial charge in [-0.05, 0) is 42.8 Å². The van der Waals surface area contributed by atoms with E-state index in [2.05, 4.69) is 0 Å². The van der Waals surface area contributed by atoms with Crippen LogP contribution in [0.1, 0.15) is 5.56 Å². The number of halogens is 1. The number of aryl methyl sites for hydroxylation is 1. The van der Waals surface area contributed by atoms with Crippen molar-refractivity contribution >= 4 is 28.9 Å². The van der Waals surface area contributed by atoms with Crippen molar-refractivity contribution in [3.8, 4) is 0 Å². The first-order valence-corrected chi connectivity index (χ1v) is 7.27. The van der Waals surface area contributed by atoms with Gasteiger partial charge in [-0.2, -0.15) is 0 Å². The summed E-state index contributed by atoms with van der Waals surface area (Å²) in [6.45, 7) is 1.38. The normalized spacial score (nSPS) is 10.2. The molecule has 0 radical (unpaired) electrons. The third kappa shape index (κ3) is 3.98. The molecular weight excluding hydrogens is 318 g/mol. The summed E-state index contributed by atoms with van der Waals surface area (Å²) < 4.78 is 0. The van der Waals surface area contributed by atoms with Gasteiger partial charge >= 0.3 is 0 Å². The summed E-state index contributed by atoms with van der Waals surface area (Å²) in [5, 5.41) is 12.0. The van der Waals surface area contributed by atoms with Gasteiger partial charge in [-0.15, -0.1) is 0 Å². The fraction of sp³-hybridized carbons (Fsp3) is 0.188. The van der Waals surface area contributed by atoms with Gasteiger partial charge in [0.25, 0.3) is 5.91 Å². The molecule has 0 bridgehead atoms. The lowest BCUT2D eigenvalue weighted by Crippen LogP contribution is -2.41. The number of rotatable bonds is 5. The number of amides is 1. The number of likely N-dealkylation sites (N-methyl/N-ethyl adjacent to an activating group) is 1. The van der Waals surface area contributed by atoms with Crippen LogP contribution >= 0.6 is 11.6 Å². The third-order valence-corrected chi connectivity index (χ3v) is 3.86. The summed E-state index contributed by atoms with van der Waals surface area (Å²) in [5.74, 6) is -0.388. The minimum atomic E-state index is -0.598. The van der Waals surface area contributed by atoms with Crippen molar-refractivity contribution in [1.29, 1.82) is 0 Å². The fourth-order valence-corrected chi connectivity index (χ4v) is 2.18. The summed E-state index contributed by atoms with van der Waals surface area (Å²) in [5.41, 5.74) is 1.69. The molecule has 0 unspecified atom stereocenters. The minimum Gasteiger partial charge on any atom is -0.314 e. The first-order chi connectivity index (χ1) is 10.9. The zero-order chi connectivity index (χ0) is 17.0. The van der Waals surface area contributed by atoms with E-state index >= 15 is 0 Å². The minimum absolute atomic E-state index is 0.312. The van der Waals surface area contributed by atoms with E-state index in [4.69, 9.17) is 11.6 Å². The molecule has 120 valence electrons. The number of anilines is 2. The molecule has 0 saturated heterocycles. The Balaban J connectivity index is 2.21. The number of carbonyl (C=O) groups excluding carboxylic acids is 1. The molecule has 0 fully saturated rings. The number of hydrazine groups is 1. The van der Waals surface area contributed by atoms with Crippen LogP contribution in [0.5, 0.6) is 0 Å². The molecule has 0 aliphatic carbocycles. The van der Waals surface area contributed by atoms with Crippen LogP contribution < -0.4 is 9.91 Å². The van der Waals surface area contributed by atoms with E-state index in [-0.39, 0.29) is 12.5 Å². The van der Waals surface area contributed by atoms with Gasteiger partial charge in [0.15, 0.2) is 11.6 Å². The lowest BCUT2D eigenvalue weighted by atomic mass is 10.2. The Hall–Kier alpha value is -2.60. The molecule has 23 heavy (non-hydrogen) atoms. The molecule has 6 nitrogen and oxygen atoms in total. The van der Waals surface area contributed by atoms with Crippen molar-refractivity contribution in [1.82, 2.24) is 0 Å². The van der Waals surface area contributed by atoms with Gasteiger partial charge in [-0.3, -0.25) is 4.79 Å². The summed E-state index contributed by atoms with van der Waals surface area (Å²) >= 11 is 5.94. The van der Waals surface area contributed by atoms with E-state index in [9.17, 15) is 14.9 Å². The van der Waals surface area contributed by atoms with Crippen LogP contribution in [0.3, 0.4) is 0 Å². The van der Waals surface area contributed by atoms with Crippen LogP contribution in [0.2, 0.25) is 5.02 Å². The molecule has 2 aromatic rings. The maximum atomic E-state index is 12.3. The predicted molar refractivity (Wildman–Crippen MR) is 90.4 cm³/mol. The molecule has 7 heteroatoms. The number of nitrogens with zero attached hydrogens (tertiary/aromatic N) is 3. The maximum absolute atomic E-state index is 12.3. The average molecular weight is 334 g/mol. The molecule has 0 saturated carbocycles. The molecule has 0 aliphatic rings. The van der Waals surface area contributed by atoms with Crippen molar-refractivity contribution in [2.75, 3.05) is 23.5 Å². The van der Waals surface area contributed by atoms with Crippen molar-refractivity contribution in [3.63, 3.8) is 0 Å². The molecule has 0 aliphatic heterocycles. The Morgan fingerprint density at radius 2 is 1.83 bits per heavy atom. The Kier molecular flexibility index (Phi) is 5.18. The summed E-state index contributed by atoms with van der Waals surface area (Å²) in [7, 11) is 1.59. The van der Waals surface area contributed by atoms with Gasteiger partial charge in [-0.25, -0.2) is 10.1 Å². The second kappa shape index (κ2) is 7.11. The predicted octanol–water partition coefficient (Wildman–Crippen LogP) is 3.31. The zero-order valence-corrected chi connectivity index (χ0v) is 13.5. The summed E-state index contributed by atoms with van der Waals surface area (Å²) in [6, 6.07) is 13.6. The highest BCUT2D eigenvalue weighted by Gasteiger charge is 2.24. The lowest BCUT2D eigenvalue weighted by molar-refractivity contribution is -0.493. The van der Waals surface area contributed by atoms with Crippen LogP contribution in [0.25, 0.3) is 0 Å². The number of hydrogen-bond acceptors (Lipinski definition) is 3. The number of nitro groups is 1. The molecule has 0 heterocycles. The quantitative estimate of drug-likeness (QED) is 0.622. The van der Waals surface area contributed by atoms with Crippen LogP contribution in [0, 0.1) is 17.0 Å². The molecular formula is C16H16ClN3O3. The van der Waals surface area contributed by atoms with Crippen molar-refractivity contribution < 1.29 is 9.83 Å². The van der Waals surface area contributed by atoms with Crippen LogP contribution in [-0.2, 0) is 4.79 Å². The van der Waals surface area contributed by atoms with E-state index < -0.39 is 5.03 Å². The Labute approximate surface area is 139 Å². The molecule has 0 aromatic heterocycles. The number of hydrogen-bond donors (Lipinski definition) is 0. The van der Waals surface area contributed by atoms with Crippen molar-refractivity contribution in [2.24, 2.45) is 0 Å². The molecule has 2 aromatic carbocycles. The fourth-order valence-electron chi connectivity index (χ4n) is 2.06. The Bertz CT molecular complexity index is 722. The largest absolute Gasteiger partial charge is 0.314 e. The van der Waals surface area contributed by atoms with Gasteiger partial charge in [-0.1, -0.05) is 34.8 Å². The standard InChI is InChI=1S/C16H16ClN3O3/c1-12-10-14(8-9-15(12)17)19(20(22)23)11-16(21)18(2)13-6-4-3-5-7-13/h3-10H,11H2,1-2H3. The first-order valence-electron chi connectivity index (χ1n) is 6.89. The van der Waals surface area contributed by atoms with E-state index in [1.165, 1.54) is 11.0 Å². The number of para-hydroxylation sites is 1. The second-order valence-electron chi connectivity index (χ2n) is 5.02. The zero-order valence-electron chi connectivity index (χ0n) is 12.8. The smallest absolute Gasteiger partial charge is 0.252 e. The highest BCUT2D eigenvalue weighted by Crippen LogP contribution is 2.23. The summed E-state index contributed by atoms with van der Waals surface area (Å²) in [4.78, 5) is 25.0. The van der Waals surface area contributed by atoms with Crippen LogP contribution in [0.4, 0.5) is 11.4 Å². The molecule has 2 rings (SSSR count). The SMILES string of the molecule is Cc1cc(N(CC(=O)N(C)c2ccccc2)[N+](=O)[O-])ccc1Cl. The Morgan fingerprint density at radius 1 is 1.17 bits per heavy atom. The molecule has 0 atom stereocenters. The average Bonchev–Trinajstić information content (AvgIpc) is 2.55. The van der Waals surface area contributed by atoms with Gasteiger partial charge in [0, 0.05) is 17.8 Å². The van der Waals surface area contributed by atoms with Gasteiger partial charge in [0.05, 0.1) is 0 Å². The van der Waals surface area contributed by atoms with Crippen LogP contribution in [0.15, 0.2) is 48.5 Å². The third-order valence-electron chi connectivity index (χ3n) is 3.44. The lowest BCUT2D eigenvalue weighted by Gasteiger charge is -2.20. The van der Waals surface area contributed by atoms with Crippen LogP contribution in [-0.4, -0.2) is 24.5 Å². The van der Waals surface area contributed by atoms with Crippen molar-refractivity contribution in [2.45, 2.75) is 6.92 Å². The summed E-state index contributed by atoms with van der Waals surface area (Å²) in [6.07, 6.45) is 0. The Morgan fingerprint density at radius 3 is 2.39 bits per heavy atom. The van der Waals surface area contributed by atoms with E-state index in [0.29, 0.717) is 22.0 Å². The maximum Gasteiger partial charge on any atom is 0.252 e. The van der Waals surface area contributed by atoms with E-state index in [1.54, 1.807) is 50.4 Å². The topological polar surface area (TPSA) is 66.7 Å². The van der Waals surface area contributed by atoms with E-state index in [1.807, 2.05) is 6.07 Å². The number of carbonyl (C=O) groups is 1. The molecule has 1 amide bonds. The molecule has 0 spiro atoms. The second-order valence-corrected chi connectivity index (χ2v) is 5.42.